The van der Waals surface area contributed by atoms with Crippen LogP contribution < -0.4 is 11.2 Å². The van der Waals surface area contributed by atoms with E-state index in [-0.39, 0.29) is 19.3 Å². The number of hydrogen-bond donors (Lipinski definition) is 2. The predicted octanol–water partition coefficient (Wildman–Crippen LogP) is 1.08. The van der Waals surface area contributed by atoms with Crippen LogP contribution in [0.5, 0.6) is 0 Å². The predicted molar refractivity (Wildman–Crippen MR) is 64.8 cm³/mol. The van der Waals surface area contributed by atoms with Crippen LogP contribution in [-0.2, 0) is 14.4 Å². The van der Waals surface area contributed by atoms with Gasteiger partial charge in [0.1, 0.15) is 0 Å². The third-order valence-corrected chi connectivity index (χ3v) is 2.19. The van der Waals surface area contributed by atoms with Crippen LogP contribution in [0.15, 0.2) is 0 Å². The molecule has 0 aromatic carbocycles. The molecule has 0 rings (SSSR count). The van der Waals surface area contributed by atoms with Gasteiger partial charge in [-0.15, -0.1) is 0 Å². The lowest BCUT2D eigenvalue weighted by molar-refractivity contribution is -0.125. The summed E-state index contributed by atoms with van der Waals surface area (Å²) in [6.45, 7) is 3.74. The second-order valence-corrected chi connectivity index (χ2v) is 3.55. The van der Waals surface area contributed by atoms with E-state index in [0.29, 0.717) is 19.8 Å². The highest BCUT2D eigenvalue weighted by molar-refractivity contribution is 5.78. The van der Waals surface area contributed by atoms with Crippen molar-refractivity contribution in [3.63, 3.8) is 0 Å². The lowest BCUT2D eigenvalue weighted by atomic mass is 10.1. The monoisotopic (exact) mass is 234 g/mol. The highest BCUT2D eigenvalue weighted by atomic mass is 16.6. The third-order valence-electron chi connectivity index (χ3n) is 2.19. The average Bonchev–Trinajstić information content (AvgIpc) is 2.25. The number of methoxy groups -OCH3 is 1. The lowest BCUT2D eigenvalue weighted by Gasteiger charge is -2.11. The first-order valence-corrected chi connectivity index (χ1v) is 5.30. The molecule has 0 saturated heterocycles. The summed E-state index contributed by atoms with van der Waals surface area (Å²) in [7, 11) is 1.64. The summed E-state index contributed by atoms with van der Waals surface area (Å²) in [5, 5.41) is 2.86. The number of nitrogens with two attached hydrogens (primary N) is 1. The smallest absolute Gasteiger partial charge is 0.222 e. The Morgan fingerprint density at radius 1 is 1.38 bits per heavy atom. The highest BCUT2D eigenvalue weighted by Gasteiger charge is 2.11. The molecule has 1 unspecified atom stereocenters. The van der Waals surface area contributed by atoms with Gasteiger partial charge in [0.15, 0.2) is 0 Å². The number of unbranched alkanes of at least 4 members (excludes halogenated alkanes) is 1. The molecule has 0 aliphatic heterocycles. The summed E-state index contributed by atoms with van der Waals surface area (Å²) in [5.74, 6) is 4.97. The van der Waals surface area contributed by atoms with E-state index in [1.54, 1.807) is 7.11 Å². The summed E-state index contributed by atoms with van der Waals surface area (Å²) in [5.41, 5.74) is 0. The molecule has 16 heavy (non-hydrogen) atoms. The first kappa shape index (κ1) is 17.7. The van der Waals surface area contributed by atoms with E-state index >= 15 is 0 Å². The Morgan fingerprint density at radius 3 is 2.62 bits per heavy atom. The zero-order valence-electron chi connectivity index (χ0n) is 9.62. The Kier molecular flexibility index (Phi) is 13.8. The second kappa shape index (κ2) is 12.4. The summed E-state index contributed by atoms with van der Waals surface area (Å²) in [6, 6.07) is 0. The van der Waals surface area contributed by atoms with E-state index in [4.69, 9.17) is 10.6 Å². The minimum atomic E-state index is 0. The van der Waals surface area contributed by atoms with Gasteiger partial charge in [-0.3, -0.25) is 4.79 Å². The van der Waals surface area contributed by atoms with E-state index in [0.717, 1.165) is 19.3 Å². The molecule has 3 N–H and O–H groups in total. The minimum absolute atomic E-state index is 0. The number of ether oxygens (including phenoxy) is 1. The van der Waals surface area contributed by atoms with Crippen molar-refractivity contribution in [3.8, 4) is 0 Å². The normalized spacial score (nSPS) is 11.7. The molecule has 0 fully saturated rings. The van der Waals surface area contributed by atoms with Gasteiger partial charge in [0.2, 0.25) is 5.91 Å². The molecule has 0 spiro atoms. The zero-order chi connectivity index (χ0) is 11.5. The van der Waals surface area contributed by atoms with Gasteiger partial charge in [0.05, 0.1) is 6.61 Å². The van der Waals surface area contributed by atoms with Crippen LogP contribution in [-0.4, -0.2) is 32.8 Å². The molecule has 0 bridgehead atoms. The fourth-order valence-corrected chi connectivity index (χ4v) is 1.12. The molecule has 1 amide bonds. The molecule has 98 valence electrons. The number of rotatable bonds is 9. The number of carbonyl (C=O) groups excluding carboxylic acids is 1. The summed E-state index contributed by atoms with van der Waals surface area (Å²) in [4.78, 5) is 15.9. The van der Waals surface area contributed by atoms with Crippen LogP contribution in [0.3, 0.4) is 0 Å². The van der Waals surface area contributed by atoms with Gasteiger partial charge in [-0.05, 0) is 19.3 Å². The Morgan fingerprint density at radius 2 is 2.06 bits per heavy atom. The summed E-state index contributed by atoms with van der Waals surface area (Å²) >= 11 is 0. The maximum atomic E-state index is 11.5. The van der Waals surface area contributed by atoms with Crippen molar-refractivity contribution in [3.05, 3.63) is 0 Å². The molecule has 0 aliphatic carbocycles. The molecule has 0 aromatic heterocycles. The van der Waals surface area contributed by atoms with Gasteiger partial charge in [-0.2, -0.15) is 0 Å². The van der Waals surface area contributed by atoms with Crippen LogP contribution in [0.25, 0.3) is 0 Å². The van der Waals surface area contributed by atoms with Crippen molar-refractivity contribution in [1.82, 2.24) is 5.32 Å². The first-order valence-electron chi connectivity index (χ1n) is 5.30. The first-order chi connectivity index (χ1) is 7.22. The van der Waals surface area contributed by atoms with E-state index in [2.05, 4.69) is 10.2 Å². The number of nitrogens with one attached hydrogen (secondary N) is 1. The number of carbonyl (C=O) groups is 1. The molecule has 5 heteroatoms. The van der Waals surface area contributed by atoms with Crippen molar-refractivity contribution in [1.29, 1.82) is 0 Å². The van der Waals surface area contributed by atoms with Crippen molar-refractivity contribution < 1.29 is 14.4 Å². The molecule has 0 aliphatic rings. The van der Waals surface area contributed by atoms with E-state index in [9.17, 15) is 4.79 Å². The largest absolute Gasteiger partial charge is 0.385 e. The molecule has 5 nitrogen and oxygen atoms in total. The number of hydrogen-bond acceptors (Lipinski definition) is 4. The van der Waals surface area contributed by atoms with E-state index < -0.39 is 0 Å². The van der Waals surface area contributed by atoms with Gasteiger partial charge in [-0.25, -0.2) is 5.90 Å². The Bertz CT molecular complexity index is 165. The summed E-state index contributed by atoms with van der Waals surface area (Å²) < 4.78 is 4.91. The quantitative estimate of drug-likeness (QED) is 0.462. The zero-order valence-corrected chi connectivity index (χ0v) is 9.62. The van der Waals surface area contributed by atoms with Crippen LogP contribution in [0.1, 0.15) is 33.6 Å². The van der Waals surface area contributed by atoms with Gasteiger partial charge < -0.3 is 14.9 Å². The van der Waals surface area contributed by atoms with E-state index in [1.165, 1.54) is 0 Å². The Labute approximate surface area is 98.6 Å². The molecule has 0 aromatic rings. The van der Waals surface area contributed by atoms with Gasteiger partial charge in [-0.1, -0.05) is 14.4 Å². The van der Waals surface area contributed by atoms with Crippen molar-refractivity contribution >= 4 is 5.91 Å². The van der Waals surface area contributed by atoms with Crippen molar-refractivity contribution in [2.24, 2.45) is 11.8 Å². The van der Waals surface area contributed by atoms with Gasteiger partial charge in [0.25, 0.3) is 0 Å². The maximum absolute atomic E-state index is 11.5. The minimum Gasteiger partial charge on any atom is -0.385 e. The topological polar surface area (TPSA) is 73.6 Å². The standard InChI is InChI=1S/C10H22N2O3.CH4/c1-9(5-8-14-2)10(13)12-6-3-4-7-15-11;/h9H,3-8,11H2,1-2H3,(H,12,13);1H4. The fraction of sp³-hybridized carbons (Fsp3) is 0.909. The average molecular weight is 234 g/mol. The number of amides is 1. The Balaban J connectivity index is 0. The summed E-state index contributed by atoms with van der Waals surface area (Å²) in [6.07, 6.45) is 2.51. The highest BCUT2D eigenvalue weighted by Crippen LogP contribution is 2.01. The van der Waals surface area contributed by atoms with Crippen molar-refractivity contribution in [2.45, 2.75) is 33.6 Å². The molecule has 1 atom stereocenters. The molecule has 0 radical (unpaired) electrons. The molecule has 0 saturated carbocycles. The maximum Gasteiger partial charge on any atom is 0.222 e. The van der Waals surface area contributed by atoms with E-state index in [1.807, 2.05) is 6.92 Å². The Hall–Kier alpha value is -0.650. The van der Waals surface area contributed by atoms with Crippen LogP contribution >= 0.6 is 0 Å². The fourth-order valence-electron chi connectivity index (χ4n) is 1.12. The van der Waals surface area contributed by atoms with Gasteiger partial charge in [0, 0.05) is 26.2 Å². The van der Waals surface area contributed by atoms with Crippen LogP contribution in [0, 0.1) is 5.92 Å². The van der Waals surface area contributed by atoms with Crippen molar-refractivity contribution in [2.75, 3.05) is 26.9 Å². The van der Waals surface area contributed by atoms with Gasteiger partial charge >= 0.3 is 0 Å². The molecule has 0 heterocycles. The molecular formula is C11H26N2O3. The third kappa shape index (κ3) is 9.89. The lowest BCUT2D eigenvalue weighted by Crippen LogP contribution is -2.30. The van der Waals surface area contributed by atoms with Crippen LogP contribution in [0.2, 0.25) is 0 Å². The second-order valence-electron chi connectivity index (χ2n) is 3.55. The van der Waals surface area contributed by atoms with Crippen LogP contribution in [0.4, 0.5) is 0 Å². The SMILES string of the molecule is C.COCCC(C)C(=O)NCCCCON. The molecular weight excluding hydrogens is 208 g/mol.